The Labute approximate surface area is 125 Å². The van der Waals surface area contributed by atoms with Crippen molar-refractivity contribution in [1.29, 1.82) is 0 Å². The molecule has 1 rings (SSSR count). The molecule has 0 fully saturated rings. The molecule has 5 nitrogen and oxygen atoms in total. The molecule has 0 bridgehead atoms. The highest BCUT2D eigenvalue weighted by Crippen LogP contribution is 2.09. The van der Waals surface area contributed by atoms with Crippen LogP contribution in [0.4, 0.5) is 0 Å². The standard InChI is InChI=1S/C16H23NO4/c1-4-12(2)21-11-15(18)17(3)14(16(19)20)10-13-8-6-5-7-9-13/h5-9,12,14H,4,10-11H2,1-3H3,(H,19,20). The van der Waals surface area contributed by atoms with E-state index in [4.69, 9.17) is 4.74 Å². The van der Waals surface area contributed by atoms with E-state index in [0.717, 1.165) is 12.0 Å². The van der Waals surface area contributed by atoms with Crippen LogP contribution in [-0.4, -0.2) is 47.7 Å². The second-order valence-corrected chi connectivity index (χ2v) is 5.08. The average molecular weight is 293 g/mol. The van der Waals surface area contributed by atoms with Crippen molar-refractivity contribution in [3.05, 3.63) is 35.9 Å². The van der Waals surface area contributed by atoms with Gasteiger partial charge in [-0.05, 0) is 18.9 Å². The Balaban J connectivity index is 2.67. The zero-order chi connectivity index (χ0) is 15.8. The van der Waals surface area contributed by atoms with Crippen LogP contribution in [0.1, 0.15) is 25.8 Å². The van der Waals surface area contributed by atoms with Crippen LogP contribution in [0.25, 0.3) is 0 Å². The summed E-state index contributed by atoms with van der Waals surface area (Å²) in [7, 11) is 1.50. The molecule has 0 aliphatic rings. The minimum Gasteiger partial charge on any atom is -0.480 e. The van der Waals surface area contributed by atoms with Gasteiger partial charge in [0.15, 0.2) is 0 Å². The molecule has 0 spiro atoms. The van der Waals surface area contributed by atoms with Crippen molar-refractivity contribution in [1.82, 2.24) is 4.90 Å². The molecule has 1 aromatic carbocycles. The zero-order valence-electron chi connectivity index (χ0n) is 12.8. The molecule has 5 heteroatoms. The molecular formula is C16H23NO4. The lowest BCUT2D eigenvalue weighted by Gasteiger charge is -2.25. The van der Waals surface area contributed by atoms with Crippen LogP contribution < -0.4 is 0 Å². The maximum absolute atomic E-state index is 12.0. The molecule has 2 unspecified atom stereocenters. The molecular weight excluding hydrogens is 270 g/mol. The molecule has 0 aromatic heterocycles. The van der Waals surface area contributed by atoms with E-state index < -0.39 is 12.0 Å². The number of amides is 1. The number of benzene rings is 1. The third kappa shape index (κ3) is 5.55. The average Bonchev–Trinajstić information content (AvgIpc) is 2.49. The van der Waals surface area contributed by atoms with Crippen LogP contribution in [0.2, 0.25) is 0 Å². The van der Waals surface area contributed by atoms with E-state index in [-0.39, 0.29) is 25.0 Å². The predicted molar refractivity (Wildman–Crippen MR) is 80.0 cm³/mol. The fourth-order valence-corrected chi connectivity index (χ4v) is 1.83. The lowest BCUT2D eigenvalue weighted by Crippen LogP contribution is -2.45. The van der Waals surface area contributed by atoms with Crippen LogP contribution in [0, 0.1) is 0 Å². The number of hydrogen-bond donors (Lipinski definition) is 1. The molecule has 21 heavy (non-hydrogen) atoms. The molecule has 0 aliphatic heterocycles. The second kappa shape index (κ2) is 8.42. The number of carbonyl (C=O) groups is 2. The van der Waals surface area contributed by atoms with E-state index in [9.17, 15) is 14.7 Å². The van der Waals surface area contributed by atoms with Crippen molar-refractivity contribution >= 4 is 11.9 Å². The van der Waals surface area contributed by atoms with E-state index in [2.05, 4.69) is 0 Å². The van der Waals surface area contributed by atoms with Gasteiger partial charge in [-0.15, -0.1) is 0 Å². The monoisotopic (exact) mass is 293 g/mol. The van der Waals surface area contributed by atoms with Crippen molar-refractivity contribution < 1.29 is 19.4 Å². The summed E-state index contributed by atoms with van der Waals surface area (Å²) in [4.78, 5) is 24.7. The second-order valence-electron chi connectivity index (χ2n) is 5.08. The Bertz CT molecular complexity index is 461. The van der Waals surface area contributed by atoms with Crippen LogP contribution >= 0.6 is 0 Å². The first kappa shape index (κ1) is 17.2. The lowest BCUT2D eigenvalue weighted by atomic mass is 10.1. The molecule has 1 aromatic rings. The van der Waals surface area contributed by atoms with Gasteiger partial charge < -0.3 is 14.7 Å². The number of nitrogens with zero attached hydrogens (tertiary/aromatic N) is 1. The van der Waals surface area contributed by atoms with Gasteiger partial charge in [0.05, 0.1) is 6.10 Å². The minimum absolute atomic E-state index is 0.0141. The lowest BCUT2D eigenvalue weighted by molar-refractivity contribution is -0.151. The van der Waals surface area contributed by atoms with Gasteiger partial charge in [-0.3, -0.25) is 4.79 Å². The smallest absolute Gasteiger partial charge is 0.326 e. The first-order chi connectivity index (χ1) is 9.95. The molecule has 1 amide bonds. The van der Waals surface area contributed by atoms with Crippen molar-refractivity contribution in [3.8, 4) is 0 Å². The van der Waals surface area contributed by atoms with Crippen LogP contribution in [0.15, 0.2) is 30.3 Å². The fourth-order valence-electron chi connectivity index (χ4n) is 1.83. The summed E-state index contributed by atoms with van der Waals surface area (Å²) in [6.07, 6.45) is 1.07. The van der Waals surface area contributed by atoms with E-state index in [1.54, 1.807) is 0 Å². The fraction of sp³-hybridized carbons (Fsp3) is 0.500. The Morgan fingerprint density at radius 1 is 1.29 bits per heavy atom. The summed E-state index contributed by atoms with van der Waals surface area (Å²) in [5.74, 6) is -1.34. The highest BCUT2D eigenvalue weighted by atomic mass is 16.5. The number of hydrogen-bond acceptors (Lipinski definition) is 3. The highest BCUT2D eigenvalue weighted by Gasteiger charge is 2.26. The Morgan fingerprint density at radius 2 is 1.90 bits per heavy atom. The number of aliphatic carboxylic acids is 1. The van der Waals surface area contributed by atoms with E-state index in [1.165, 1.54) is 11.9 Å². The molecule has 116 valence electrons. The SMILES string of the molecule is CCC(C)OCC(=O)N(C)C(Cc1ccccc1)C(=O)O. The highest BCUT2D eigenvalue weighted by molar-refractivity contribution is 5.84. The predicted octanol–water partition coefficient (Wildman–Crippen LogP) is 1.96. The number of carbonyl (C=O) groups excluding carboxylic acids is 1. The van der Waals surface area contributed by atoms with Gasteiger partial charge in [-0.1, -0.05) is 37.3 Å². The summed E-state index contributed by atoms with van der Waals surface area (Å²) < 4.78 is 5.37. The van der Waals surface area contributed by atoms with E-state index in [1.807, 2.05) is 44.2 Å². The van der Waals surface area contributed by atoms with Gasteiger partial charge in [0.25, 0.3) is 0 Å². The molecule has 1 N–H and O–H groups in total. The van der Waals surface area contributed by atoms with Gasteiger partial charge in [0.2, 0.25) is 5.91 Å². The van der Waals surface area contributed by atoms with Gasteiger partial charge in [0, 0.05) is 13.5 Å². The third-order valence-corrected chi connectivity index (χ3v) is 3.48. The number of likely N-dealkylation sites (N-methyl/N-ethyl adjacent to an activating group) is 1. The Hall–Kier alpha value is -1.88. The number of carboxylic acids is 1. The summed E-state index contributed by atoms with van der Waals surface area (Å²) in [5.41, 5.74) is 0.882. The maximum Gasteiger partial charge on any atom is 0.326 e. The van der Waals surface area contributed by atoms with Crippen molar-refractivity contribution in [3.63, 3.8) is 0 Å². The Morgan fingerprint density at radius 3 is 2.43 bits per heavy atom. The number of carboxylic acid groups (broad SMARTS) is 1. The molecule has 2 atom stereocenters. The minimum atomic E-state index is -1.02. The molecule has 0 aliphatic carbocycles. The largest absolute Gasteiger partial charge is 0.480 e. The molecule has 0 saturated heterocycles. The third-order valence-electron chi connectivity index (χ3n) is 3.48. The van der Waals surface area contributed by atoms with Crippen molar-refractivity contribution in [2.75, 3.05) is 13.7 Å². The molecule has 0 saturated carbocycles. The maximum atomic E-state index is 12.0. The topological polar surface area (TPSA) is 66.8 Å². The van der Waals surface area contributed by atoms with Crippen LogP contribution in [0.5, 0.6) is 0 Å². The first-order valence-electron chi connectivity index (χ1n) is 7.09. The summed E-state index contributed by atoms with van der Waals surface area (Å²) in [6, 6.07) is 8.38. The normalized spacial score (nSPS) is 13.5. The van der Waals surface area contributed by atoms with Crippen LogP contribution in [-0.2, 0) is 20.7 Å². The summed E-state index contributed by atoms with van der Waals surface area (Å²) in [6.45, 7) is 3.75. The van der Waals surface area contributed by atoms with Gasteiger partial charge in [-0.2, -0.15) is 0 Å². The summed E-state index contributed by atoms with van der Waals surface area (Å²) in [5, 5.41) is 9.34. The number of rotatable bonds is 8. The first-order valence-corrected chi connectivity index (χ1v) is 7.09. The van der Waals surface area contributed by atoms with Gasteiger partial charge >= 0.3 is 5.97 Å². The van der Waals surface area contributed by atoms with Crippen molar-refractivity contribution in [2.45, 2.75) is 38.8 Å². The van der Waals surface area contributed by atoms with Crippen LogP contribution in [0.3, 0.4) is 0 Å². The Kier molecular flexibility index (Phi) is 6.88. The van der Waals surface area contributed by atoms with Gasteiger partial charge in [-0.25, -0.2) is 4.79 Å². The van der Waals surface area contributed by atoms with E-state index in [0.29, 0.717) is 0 Å². The van der Waals surface area contributed by atoms with E-state index >= 15 is 0 Å². The number of ether oxygens (including phenoxy) is 1. The molecule has 0 radical (unpaired) electrons. The van der Waals surface area contributed by atoms with Gasteiger partial charge in [0.1, 0.15) is 12.6 Å². The van der Waals surface area contributed by atoms with Crippen molar-refractivity contribution in [2.24, 2.45) is 0 Å². The molecule has 0 heterocycles. The summed E-state index contributed by atoms with van der Waals surface area (Å²) >= 11 is 0. The zero-order valence-corrected chi connectivity index (χ0v) is 12.8. The quantitative estimate of drug-likeness (QED) is 0.795.